The molecule has 108 valence electrons. The van der Waals surface area contributed by atoms with Crippen LogP contribution in [0.2, 0.25) is 0 Å². The summed E-state index contributed by atoms with van der Waals surface area (Å²) in [6, 6.07) is 0. The molecular formula is C12H24O6. The Labute approximate surface area is 108 Å². The zero-order chi connectivity index (χ0) is 13.2. The van der Waals surface area contributed by atoms with Crippen LogP contribution >= 0.6 is 0 Å². The molecule has 0 N–H and O–H groups in total. The molecule has 1 fully saturated rings. The van der Waals surface area contributed by atoms with Gasteiger partial charge in [-0.1, -0.05) is 0 Å². The van der Waals surface area contributed by atoms with Crippen molar-refractivity contribution in [3.05, 3.63) is 0 Å². The first-order valence-electron chi connectivity index (χ1n) is 6.23. The molecule has 0 radical (unpaired) electrons. The van der Waals surface area contributed by atoms with Crippen LogP contribution in [0.1, 0.15) is 19.3 Å². The maximum absolute atomic E-state index is 5.66. The van der Waals surface area contributed by atoms with Gasteiger partial charge in [0.1, 0.15) is 0 Å². The van der Waals surface area contributed by atoms with Gasteiger partial charge in [0, 0.05) is 40.6 Å². The van der Waals surface area contributed by atoms with Crippen molar-refractivity contribution < 1.29 is 28.4 Å². The van der Waals surface area contributed by atoms with Gasteiger partial charge in [-0.25, -0.2) is 0 Å². The van der Waals surface area contributed by atoms with Gasteiger partial charge in [0.2, 0.25) is 0 Å². The highest BCUT2D eigenvalue weighted by molar-refractivity contribution is 4.59. The topological polar surface area (TPSA) is 55.4 Å². The van der Waals surface area contributed by atoms with Crippen molar-refractivity contribution in [1.29, 1.82) is 0 Å². The molecule has 6 nitrogen and oxygen atoms in total. The molecule has 0 bridgehead atoms. The van der Waals surface area contributed by atoms with E-state index in [1.165, 1.54) is 0 Å². The summed E-state index contributed by atoms with van der Waals surface area (Å²) in [6.07, 6.45) is 1.19. The zero-order valence-electron chi connectivity index (χ0n) is 11.4. The van der Waals surface area contributed by atoms with Crippen molar-refractivity contribution in [2.45, 2.75) is 38.1 Å². The van der Waals surface area contributed by atoms with Gasteiger partial charge < -0.3 is 28.4 Å². The largest absolute Gasteiger partial charge is 0.384 e. The highest BCUT2D eigenvalue weighted by Gasteiger charge is 2.29. The molecule has 0 atom stereocenters. The molecule has 1 aliphatic rings. The van der Waals surface area contributed by atoms with Crippen molar-refractivity contribution in [3.63, 3.8) is 0 Å². The summed E-state index contributed by atoms with van der Waals surface area (Å²) < 4.78 is 32.0. The Kier molecular flexibility index (Phi) is 8.49. The Morgan fingerprint density at radius 2 is 0.889 bits per heavy atom. The Morgan fingerprint density at radius 1 is 0.611 bits per heavy atom. The van der Waals surface area contributed by atoms with Crippen LogP contribution in [0.3, 0.4) is 0 Å². The van der Waals surface area contributed by atoms with E-state index in [0.717, 1.165) is 0 Å². The summed E-state index contributed by atoms with van der Waals surface area (Å²) >= 11 is 0. The van der Waals surface area contributed by atoms with Crippen molar-refractivity contribution >= 4 is 0 Å². The quantitative estimate of drug-likeness (QED) is 0.622. The minimum atomic E-state index is -0.289. The maximum atomic E-state index is 5.66. The van der Waals surface area contributed by atoms with Crippen LogP contribution in [0.4, 0.5) is 0 Å². The average Bonchev–Trinajstić information content (AvgIpc) is 2.40. The third-order valence-electron chi connectivity index (χ3n) is 2.58. The lowest BCUT2D eigenvalue weighted by Crippen LogP contribution is -2.42. The van der Waals surface area contributed by atoms with E-state index in [0.29, 0.717) is 39.1 Å². The highest BCUT2D eigenvalue weighted by atomic mass is 16.9. The molecule has 1 saturated heterocycles. The van der Waals surface area contributed by atoms with E-state index in [9.17, 15) is 0 Å². The number of hydrogen-bond acceptors (Lipinski definition) is 6. The average molecular weight is 264 g/mol. The highest BCUT2D eigenvalue weighted by Crippen LogP contribution is 2.22. The molecule has 0 aliphatic carbocycles. The van der Waals surface area contributed by atoms with Gasteiger partial charge in [-0.15, -0.1) is 0 Å². The van der Waals surface area contributed by atoms with Crippen molar-refractivity contribution in [3.8, 4) is 0 Å². The van der Waals surface area contributed by atoms with Crippen molar-refractivity contribution in [2.75, 3.05) is 41.2 Å². The van der Waals surface area contributed by atoms with Gasteiger partial charge in [0.15, 0.2) is 18.9 Å². The van der Waals surface area contributed by atoms with E-state index in [1.807, 2.05) is 0 Å². The van der Waals surface area contributed by atoms with E-state index in [1.54, 1.807) is 21.3 Å². The Balaban J connectivity index is 2.38. The van der Waals surface area contributed by atoms with E-state index in [2.05, 4.69) is 0 Å². The summed E-state index contributed by atoms with van der Waals surface area (Å²) in [7, 11) is 4.97. The molecule has 1 rings (SSSR count). The lowest BCUT2D eigenvalue weighted by atomic mass is 10.3. The minimum Gasteiger partial charge on any atom is -0.384 e. The van der Waals surface area contributed by atoms with Crippen LogP contribution in [-0.4, -0.2) is 60.0 Å². The maximum Gasteiger partial charge on any atom is 0.166 e. The molecule has 0 amide bonds. The lowest BCUT2D eigenvalue weighted by molar-refractivity contribution is -0.388. The second-order valence-corrected chi connectivity index (χ2v) is 4.04. The van der Waals surface area contributed by atoms with Crippen LogP contribution < -0.4 is 0 Å². The molecule has 0 aromatic rings. The predicted molar refractivity (Wildman–Crippen MR) is 64.1 cm³/mol. The molecule has 1 heterocycles. The molecule has 6 heteroatoms. The standard InChI is InChI=1S/C12H24O6/c1-13-7-4-10-16-11(5-8-14-2)18-12(17-10)6-9-15-3/h10-12H,4-9H2,1-3H3. The smallest absolute Gasteiger partial charge is 0.166 e. The van der Waals surface area contributed by atoms with Crippen molar-refractivity contribution in [1.82, 2.24) is 0 Å². The van der Waals surface area contributed by atoms with E-state index in [-0.39, 0.29) is 18.9 Å². The molecule has 18 heavy (non-hydrogen) atoms. The van der Waals surface area contributed by atoms with E-state index < -0.39 is 0 Å². The number of ether oxygens (including phenoxy) is 6. The normalized spacial score (nSPS) is 28.5. The SMILES string of the molecule is COCCC1OC(CCOC)OC(CCOC)O1. The number of methoxy groups -OCH3 is 3. The summed E-state index contributed by atoms with van der Waals surface area (Å²) in [5, 5.41) is 0. The fourth-order valence-electron chi connectivity index (χ4n) is 1.65. The fraction of sp³-hybridized carbons (Fsp3) is 1.00. The molecule has 0 aromatic heterocycles. The molecule has 0 unspecified atom stereocenters. The van der Waals surface area contributed by atoms with E-state index >= 15 is 0 Å². The third kappa shape index (κ3) is 6.08. The molecule has 0 aromatic carbocycles. The van der Waals surface area contributed by atoms with Gasteiger partial charge in [0.25, 0.3) is 0 Å². The van der Waals surface area contributed by atoms with Gasteiger partial charge in [0.05, 0.1) is 19.8 Å². The van der Waals surface area contributed by atoms with Crippen LogP contribution in [0, 0.1) is 0 Å². The number of hydrogen-bond donors (Lipinski definition) is 0. The second kappa shape index (κ2) is 9.66. The summed E-state index contributed by atoms with van der Waals surface area (Å²) in [4.78, 5) is 0. The second-order valence-electron chi connectivity index (χ2n) is 4.04. The van der Waals surface area contributed by atoms with Crippen LogP contribution in [0.25, 0.3) is 0 Å². The summed E-state index contributed by atoms with van der Waals surface area (Å²) in [5.74, 6) is 0. The molecule has 0 spiro atoms. The van der Waals surface area contributed by atoms with Crippen LogP contribution in [0.15, 0.2) is 0 Å². The molecule has 0 saturated carbocycles. The van der Waals surface area contributed by atoms with Gasteiger partial charge in [-0.3, -0.25) is 0 Å². The Hall–Kier alpha value is -0.240. The predicted octanol–water partition coefficient (Wildman–Crippen LogP) is 1.14. The Morgan fingerprint density at radius 3 is 1.11 bits per heavy atom. The van der Waals surface area contributed by atoms with Gasteiger partial charge in [-0.05, 0) is 0 Å². The molecular weight excluding hydrogens is 240 g/mol. The van der Waals surface area contributed by atoms with E-state index in [4.69, 9.17) is 28.4 Å². The lowest BCUT2D eigenvalue weighted by Gasteiger charge is -2.35. The summed E-state index contributed by atoms with van der Waals surface area (Å²) in [5.41, 5.74) is 0. The first-order valence-corrected chi connectivity index (χ1v) is 6.23. The zero-order valence-corrected chi connectivity index (χ0v) is 11.4. The Bertz CT molecular complexity index is 162. The first-order chi connectivity index (χ1) is 8.80. The van der Waals surface area contributed by atoms with Crippen LogP contribution in [0.5, 0.6) is 0 Å². The fourth-order valence-corrected chi connectivity index (χ4v) is 1.65. The van der Waals surface area contributed by atoms with Crippen LogP contribution in [-0.2, 0) is 28.4 Å². The molecule has 1 aliphatic heterocycles. The first kappa shape index (κ1) is 15.8. The minimum absolute atomic E-state index is 0.289. The van der Waals surface area contributed by atoms with Gasteiger partial charge >= 0.3 is 0 Å². The third-order valence-corrected chi connectivity index (χ3v) is 2.58. The van der Waals surface area contributed by atoms with Gasteiger partial charge in [-0.2, -0.15) is 0 Å². The monoisotopic (exact) mass is 264 g/mol. The number of rotatable bonds is 9. The van der Waals surface area contributed by atoms with Crippen molar-refractivity contribution in [2.24, 2.45) is 0 Å². The summed E-state index contributed by atoms with van der Waals surface area (Å²) in [6.45, 7) is 1.79.